The van der Waals surface area contributed by atoms with E-state index < -0.39 is 23.3 Å². The van der Waals surface area contributed by atoms with Crippen molar-refractivity contribution >= 4 is 24.0 Å². The second-order valence-electron chi connectivity index (χ2n) is 14.1. The number of carbonyl (C=O) groups excluding carboxylic acids is 3. The molecule has 4 amide bonds. The number of nitrogens with zero attached hydrogens (tertiary/aromatic N) is 4. The fourth-order valence-electron chi connectivity index (χ4n) is 6.98. The summed E-state index contributed by atoms with van der Waals surface area (Å²) >= 11 is 0. The molecule has 14 nitrogen and oxygen atoms in total. The second-order valence-corrected chi connectivity index (χ2v) is 14.1. The van der Waals surface area contributed by atoms with Crippen molar-refractivity contribution in [3.8, 4) is 33.6 Å². The van der Waals surface area contributed by atoms with Crippen molar-refractivity contribution in [3.05, 3.63) is 72.6 Å². The zero-order valence-electron chi connectivity index (χ0n) is 29.4. The number of benzene rings is 2. The first kappa shape index (κ1) is 35.2. The van der Waals surface area contributed by atoms with Gasteiger partial charge >= 0.3 is 12.2 Å². The van der Waals surface area contributed by atoms with E-state index in [-0.39, 0.29) is 23.9 Å². The Balaban J connectivity index is 1.11. The lowest BCUT2D eigenvalue weighted by molar-refractivity contribution is -0.138. The minimum absolute atomic E-state index is 0.194. The third-order valence-electron chi connectivity index (χ3n) is 9.66. The number of hydrogen-bond acceptors (Lipinski definition) is 7. The fraction of sp³-hybridized carbons (Fsp3) is 0.405. The number of aromatic nitrogens is 4. The highest BCUT2D eigenvalue weighted by Gasteiger charge is 2.42. The van der Waals surface area contributed by atoms with Gasteiger partial charge in [-0.3, -0.25) is 9.59 Å². The van der Waals surface area contributed by atoms with E-state index in [1.807, 2.05) is 36.4 Å². The van der Waals surface area contributed by atoms with Crippen LogP contribution in [0.5, 0.6) is 0 Å². The van der Waals surface area contributed by atoms with E-state index in [0.717, 1.165) is 59.3 Å². The van der Waals surface area contributed by atoms with E-state index >= 15 is 0 Å². The van der Waals surface area contributed by atoms with Crippen LogP contribution in [0.3, 0.4) is 0 Å². The number of rotatable bonds is 9. The number of carbonyl (C=O) groups is 4. The van der Waals surface area contributed by atoms with Gasteiger partial charge in [-0.25, -0.2) is 19.6 Å². The first-order valence-electron chi connectivity index (χ1n) is 17.1. The number of imidazole rings is 2. The molecule has 2 aromatic heterocycles. The van der Waals surface area contributed by atoms with Crippen LogP contribution in [0, 0.1) is 0 Å². The van der Waals surface area contributed by atoms with Crippen LogP contribution in [0.4, 0.5) is 9.59 Å². The molecular formula is C37H44N8O6. The Morgan fingerprint density at radius 1 is 0.706 bits per heavy atom. The van der Waals surface area contributed by atoms with Crippen molar-refractivity contribution in [1.82, 2.24) is 40.4 Å². The molecular weight excluding hydrogens is 652 g/mol. The van der Waals surface area contributed by atoms with Crippen molar-refractivity contribution in [2.45, 2.75) is 76.5 Å². The quantitative estimate of drug-likeness (QED) is 0.149. The largest absolute Gasteiger partial charge is 0.465 e. The van der Waals surface area contributed by atoms with Crippen molar-refractivity contribution in [3.63, 3.8) is 0 Å². The summed E-state index contributed by atoms with van der Waals surface area (Å²) < 4.78 is 4.70. The van der Waals surface area contributed by atoms with Gasteiger partial charge in [0.05, 0.1) is 43.0 Å². The predicted molar refractivity (Wildman–Crippen MR) is 189 cm³/mol. The van der Waals surface area contributed by atoms with E-state index in [9.17, 15) is 24.3 Å². The van der Waals surface area contributed by atoms with Gasteiger partial charge in [0.2, 0.25) is 11.8 Å². The van der Waals surface area contributed by atoms with E-state index in [0.29, 0.717) is 24.7 Å². The van der Waals surface area contributed by atoms with Crippen LogP contribution < -0.4 is 10.6 Å². The van der Waals surface area contributed by atoms with Crippen LogP contribution in [0.1, 0.15) is 77.1 Å². The first-order valence-corrected chi connectivity index (χ1v) is 17.1. The van der Waals surface area contributed by atoms with Gasteiger partial charge in [0.15, 0.2) is 0 Å². The third-order valence-corrected chi connectivity index (χ3v) is 9.66. The summed E-state index contributed by atoms with van der Waals surface area (Å²) in [6.45, 7) is 7.59. The molecule has 2 fully saturated rings. The minimum Gasteiger partial charge on any atom is -0.465 e. The standard InChI is InChI=1S/C37H44N8O6/c1-36(2,42-34(48)49)32(46)44-18-6-8-28(44)30-38-20-26(40-30)24-14-10-22(11-15-24)23-12-16-25(17-13-23)27-21-39-31(41-27)29-9-7-19-45(29)33(47)37(3,4)43-35(50)51-5/h10-17,20-21,28-29,42H,6-9,18-19H2,1-5H3,(H,38,40)(H,39,41)(H,43,50)(H,48,49)/t28-,29?/m0/s1. The maximum absolute atomic E-state index is 13.4. The van der Waals surface area contributed by atoms with Crippen molar-refractivity contribution < 1.29 is 29.0 Å². The average Bonchev–Trinajstić information content (AvgIpc) is 3.93. The number of hydrogen-bond donors (Lipinski definition) is 5. The smallest absolute Gasteiger partial charge is 0.407 e. The van der Waals surface area contributed by atoms with Crippen LogP contribution in [-0.4, -0.2) is 90.1 Å². The summed E-state index contributed by atoms with van der Waals surface area (Å²) in [5, 5.41) is 14.1. The number of ether oxygens (including phenoxy) is 1. The molecule has 1 unspecified atom stereocenters. The zero-order chi connectivity index (χ0) is 36.5. The number of nitrogens with one attached hydrogen (secondary N) is 4. The minimum atomic E-state index is -1.25. The molecule has 0 spiro atoms. The van der Waals surface area contributed by atoms with Crippen LogP contribution in [0.25, 0.3) is 33.6 Å². The molecule has 0 saturated carbocycles. The summed E-state index contributed by atoms with van der Waals surface area (Å²) in [6, 6.07) is 15.8. The number of aromatic amines is 2. The molecule has 2 aromatic carbocycles. The van der Waals surface area contributed by atoms with Crippen LogP contribution >= 0.6 is 0 Å². The highest BCUT2D eigenvalue weighted by Crippen LogP contribution is 2.35. The summed E-state index contributed by atoms with van der Waals surface area (Å²) in [7, 11) is 1.27. The number of alkyl carbamates (subject to hydrolysis) is 1. The molecule has 2 saturated heterocycles. The van der Waals surface area contributed by atoms with Gasteiger partial charge in [-0.05, 0) is 75.6 Å². The summed E-state index contributed by atoms with van der Waals surface area (Å²) in [4.78, 5) is 69.1. The third kappa shape index (κ3) is 7.30. The molecule has 0 bridgehead atoms. The summed E-state index contributed by atoms with van der Waals surface area (Å²) in [5.74, 6) is 0.907. The lowest BCUT2D eigenvalue weighted by atomic mass is 10.0. The van der Waals surface area contributed by atoms with Crippen LogP contribution in [-0.2, 0) is 14.3 Å². The molecule has 268 valence electrons. The van der Waals surface area contributed by atoms with Crippen molar-refractivity contribution in [2.24, 2.45) is 0 Å². The molecule has 0 radical (unpaired) electrons. The Hall–Kier alpha value is -5.66. The van der Waals surface area contributed by atoms with Gasteiger partial charge in [0.25, 0.3) is 0 Å². The van der Waals surface area contributed by atoms with Gasteiger partial charge in [-0.15, -0.1) is 0 Å². The zero-order valence-corrected chi connectivity index (χ0v) is 29.4. The maximum atomic E-state index is 13.4. The van der Waals surface area contributed by atoms with Gasteiger partial charge in [0, 0.05) is 13.1 Å². The SMILES string of the molecule is COC(=O)NC(C)(C)C(=O)N1CCCC1c1ncc(-c2ccc(-c3ccc(-c4cnc([C@@H]5CCCN5C(=O)C(C)(C)NC(=O)O)[nH]4)cc3)cc2)[nH]1. The van der Waals surface area contributed by atoms with Crippen molar-refractivity contribution in [2.75, 3.05) is 20.2 Å². The van der Waals surface area contributed by atoms with E-state index in [4.69, 9.17) is 4.74 Å². The van der Waals surface area contributed by atoms with Gasteiger partial charge in [0.1, 0.15) is 22.7 Å². The van der Waals surface area contributed by atoms with Gasteiger partial charge < -0.3 is 40.2 Å². The molecule has 2 aliphatic heterocycles. The number of amides is 4. The Labute approximate surface area is 296 Å². The Bertz CT molecular complexity index is 1910. The van der Waals surface area contributed by atoms with E-state index in [1.54, 1.807) is 49.9 Å². The molecule has 4 heterocycles. The Morgan fingerprint density at radius 2 is 1.10 bits per heavy atom. The molecule has 2 aliphatic rings. The molecule has 51 heavy (non-hydrogen) atoms. The van der Waals surface area contributed by atoms with Gasteiger partial charge in [-0.1, -0.05) is 48.5 Å². The Morgan fingerprint density at radius 3 is 1.49 bits per heavy atom. The van der Waals surface area contributed by atoms with Gasteiger partial charge in [-0.2, -0.15) is 0 Å². The predicted octanol–water partition coefficient (Wildman–Crippen LogP) is 5.64. The monoisotopic (exact) mass is 696 g/mol. The van der Waals surface area contributed by atoms with E-state index in [1.165, 1.54) is 7.11 Å². The van der Waals surface area contributed by atoms with Crippen LogP contribution in [0.15, 0.2) is 60.9 Å². The summed E-state index contributed by atoms with van der Waals surface area (Å²) in [5.41, 5.74) is 3.30. The number of H-pyrrole nitrogens is 2. The molecule has 2 atom stereocenters. The normalized spacial score (nSPS) is 17.7. The lowest BCUT2D eigenvalue weighted by Crippen LogP contribution is -2.55. The maximum Gasteiger partial charge on any atom is 0.407 e. The average molecular weight is 697 g/mol. The van der Waals surface area contributed by atoms with Crippen LogP contribution in [0.2, 0.25) is 0 Å². The second kappa shape index (κ2) is 13.9. The fourth-order valence-corrected chi connectivity index (χ4v) is 6.98. The Kier molecular flexibility index (Phi) is 9.60. The molecule has 4 aromatic rings. The molecule has 0 aliphatic carbocycles. The number of carboxylic acid groups (broad SMARTS) is 1. The molecule has 5 N–H and O–H groups in total. The highest BCUT2D eigenvalue weighted by molar-refractivity contribution is 5.90. The topological polar surface area (TPSA) is 186 Å². The number of methoxy groups -OCH3 is 1. The molecule has 14 heteroatoms. The summed E-state index contributed by atoms with van der Waals surface area (Å²) in [6.07, 6.45) is 4.80. The number of likely N-dealkylation sites (tertiary alicyclic amines) is 2. The molecule has 6 rings (SSSR count). The van der Waals surface area contributed by atoms with Crippen molar-refractivity contribution in [1.29, 1.82) is 0 Å². The first-order chi connectivity index (χ1) is 24.3. The lowest BCUT2D eigenvalue weighted by Gasteiger charge is -2.32. The highest BCUT2D eigenvalue weighted by atomic mass is 16.5. The van der Waals surface area contributed by atoms with E-state index in [2.05, 4.69) is 42.7 Å².